The van der Waals surface area contributed by atoms with Gasteiger partial charge in [0.25, 0.3) is 0 Å². The third-order valence-electron chi connectivity index (χ3n) is 12.1. The molecule has 4 aliphatic carbocycles. The van der Waals surface area contributed by atoms with Crippen LogP contribution < -0.4 is 0 Å². The van der Waals surface area contributed by atoms with Crippen molar-refractivity contribution in [1.82, 2.24) is 0 Å². The maximum absolute atomic E-state index is 14.1. The topological polar surface area (TPSA) is 146 Å². The largest absolute Gasteiger partial charge is 0.458 e. The molecule has 3 aliphatic heterocycles. The fourth-order valence-corrected chi connectivity index (χ4v) is 9.81. The molecule has 1 spiro atoms. The van der Waals surface area contributed by atoms with Gasteiger partial charge in [0.2, 0.25) is 11.2 Å². The van der Waals surface area contributed by atoms with E-state index in [1.165, 1.54) is 14.0 Å². The predicted octanol–water partition coefficient (Wildman–Crippen LogP) is 1.16. The molecule has 4 bridgehead atoms. The van der Waals surface area contributed by atoms with Crippen LogP contribution in [-0.2, 0) is 38.1 Å². The van der Waals surface area contributed by atoms with Gasteiger partial charge in [-0.1, -0.05) is 32.1 Å². The van der Waals surface area contributed by atoms with E-state index in [4.69, 9.17) is 18.9 Å². The fourth-order valence-electron chi connectivity index (χ4n) is 9.81. The second-order valence-corrected chi connectivity index (χ2v) is 13.4. The molecular weight excluding hydrogens is 508 g/mol. The molecular formula is C29H34O10. The lowest BCUT2D eigenvalue weighted by Gasteiger charge is -2.64. The molecule has 210 valence electrons. The molecule has 0 unspecified atom stereocenters. The van der Waals surface area contributed by atoms with Gasteiger partial charge in [-0.2, -0.15) is 0 Å². The van der Waals surface area contributed by atoms with Gasteiger partial charge in [0.05, 0.1) is 23.4 Å². The number of hydrogen-bond donors (Lipinski definition) is 2. The minimum Gasteiger partial charge on any atom is -0.458 e. The summed E-state index contributed by atoms with van der Waals surface area (Å²) in [5.74, 6) is -6.13. The molecule has 5 fully saturated rings. The van der Waals surface area contributed by atoms with E-state index in [0.717, 1.165) is 0 Å². The summed E-state index contributed by atoms with van der Waals surface area (Å²) in [5, 5.41) is 25.2. The molecule has 7 aliphatic rings. The van der Waals surface area contributed by atoms with E-state index in [2.05, 4.69) is 0 Å². The van der Waals surface area contributed by atoms with Crippen molar-refractivity contribution >= 4 is 23.7 Å². The summed E-state index contributed by atoms with van der Waals surface area (Å²) >= 11 is 0. The summed E-state index contributed by atoms with van der Waals surface area (Å²) in [6.07, 6.45) is 4.32. The summed E-state index contributed by atoms with van der Waals surface area (Å²) < 4.78 is 23.2. The van der Waals surface area contributed by atoms with Crippen LogP contribution >= 0.6 is 0 Å². The molecule has 2 N–H and O–H groups in total. The van der Waals surface area contributed by atoms with Crippen LogP contribution in [0.1, 0.15) is 53.4 Å². The van der Waals surface area contributed by atoms with E-state index in [1.807, 2.05) is 6.08 Å². The van der Waals surface area contributed by atoms with E-state index in [1.54, 1.807) is 32.9 Å². The van der Waals surface area contributed by atoms with Gasteiger partial charge in [-0.05, 0) is 50.0 Å². The van der Waals surface area contributed by atoms with E-state index >= 15 is 0 Å². The highest BCUT2D eigenvalue weighted by Gasteiger charge is 2.93. The van der Waals surface area contributed by atoms with Crippen molar-refractivity contribution < 1.29 is 48.3 Å². The van der Waals surface area contributed by atoms with Crippen molar-refractivity contribution in [1.29, 1.82) is 0 Å². The molecule has 2 saturated carbocycles. The van der Waals surface area contributed by atoms with Crippen LogP contribution in [0.5, 0.6) is 0 Å². The standard InChI is InChI=1S/C29H34O10/c1-13-20(31)37-19-12-24(13,2)21-28(35)17-7-6-14-10-15(36-5)11-18(30)25(14,3)16(17)8-9-27(34)22(32)38-26(19,4)29(21,27)39-23(28)33/h6-7,10,13,15-17,19,21,34-35H,8-9,11-12H2,1-5H3/t13-,15-,16+,17-,19+,21-,24-,25+,26+,27+,28+,29+/m1/s1. The number of methoxy groups -OCH3 is 1. The van der Waals surface area contributed by atoms with E-state index < -0.39 is 87.0 Å². The first-order chi connectivity index (χ1) is 18.2. The molecule has 12 atom stereocenters. The minimum atomic E-state index is -2.32. The van der Waals surface area contributed by atoms with Gasteiger partial charge >= 0.3 is 17.9 Å². The van der Waals surface area contributed by atoms with Crippen molar-refractivity contribution in [3.63, 3.8) is 0 Å². The molecule has 3 heterocycles. The number of carbonyl (C=O) groups is 4. The Hall–Kier alpha value is -2.56. The van der Waals surface area contributed by atoms with Crippen molar-refractivity contribution in [2.24, 2.45) is 34.5 Å². The van der Waals surface area contributed by atoms with Crippen LogP contribution in [0.15, 0.2) is 23.8 Å². The van der Waals surface area contributed by atoms with Gasteiger partial charge in [-0.25, -0.2) is 9.59 Å². The van der Waals surface area contributed by atoms with E-state index in [-0.39, 0.29) is 31.5 Å². The maximum Gasteiger partial charge on any atom is 0.343 e. The molecule has 0 aromatic heterocycles. The highest BCUT2D eigenvalue weighted by Crippen LogP contribution is 2.74. The van der Waals surface area contributed by atoms with E-state index in [0.29, 0.717) is 5.57 Å². The second kappa shape index (κ2) is 7.01. The average molecular weight is 543 g/mol. The average Bonchev–Trinajstić information content (AvgIpc) is 3.23. The van der Waals surface area contributed by atoms with Crippen LogP contribution in [0, 0.1) is 34.5 Å². The number of fused-ring (bicyclic) bond motifs is 7. The Labute approximate surface area is 225 Å². The number of rotatable bonds is 1. The molecule has 0 aromatic carbocycles. The molecule has 0 aromatic rings. The number of esters is 3. The number of aliphatic hydroxyl groups is 2. The van der Waals surface area contributed by atoms with Gasteiger partial charge in [-0.15, -0.1) is 0 Å². The molecule has 7 rings (SSSR count). The Kier molecular flexibility index (Phi) is 4.57. The molecule has 0 amide bonds. The van der Waals surface area contributed by atoms with Crippen molar-refractivity contribution in [2.45, 2.75) is 88.0 Å². The minimum absolute atomic E-state index is 0.108. The Morgan fingerprint density at radius 2 is 1.77 bits per heavy atom. The number of ether oxygens (including phenoxy) is 4. The number of carbonyl (C=O) groups excluding carboxylic acids is 4. The first-order valence-electron chi connectivity index (χ1n) is 13.7. The maximum atomic E-state index is 14.1. The smallest absolute Gasteiger partial charge is 0.343 e. The molecule has 3 saturated heterocycles. The first-order valence-corrected chi connectivity index (χ1v) is 13.7. The predicted molar refractivity (Wildman–Crippen MR) is 130 cm³/mol. The molecule has 10 nitrogen and oxygen atoms in total. The van der Waals surface area contributed by atoms with Crippen molar-refractivity contribution in [2.75, 3.05) is 7.11 Å². The number of allylic oxidation sites excluding steroid dienone is 2. The quantitative estimate of drug-likeness (QED) is 0.366. The Morgan fingerprint density at radius 3 is 2.46 bits per heavy atom. The second-order valence-electron chi connectivity index (χ2n) is 13.4. The fraction of sp³-hybridized carbons (Fsp3) is 0.724. The summed E-state index contributed by atoms with van der Waals surface area (Å²) in [6, 6.07) is 0. The zero-order chi connectivity index (χ0) is 28.1. The summed E-state index contributed by atoms with van der Waals surface area (Å²) in [7, 11) is 1.53. The van der Waals surface area contributed by atoms with Gasteiger partial charge in [0.15, 0.2) is 11.2 Å². The molecule has 10 heteroatoms. The van der Waals surface area contributed by atoms with Gasteiger partial charge in [0.1, 0.15) is 11.9 Å². The van der Waals surface area contributed by atoms with Crippen molar-refractivity contribution in [3.8, 4) is 0 Å². The van der Waals surface area contributed by atoms with Crippen LogP contribution in [0.25, 0.3) is 0 Å². The van der Waals surface area contributed by atoms with Crippen LogP contribution in [0.2, 0.25) is 0 Å². The summed E-state index contributed by atoms with van der Waals surface area (Å²) in [6.45, 7) is 6.79. The zero-order valence-corrected chi connectivity index (χ0v) is 22.7. The number of ketones is 1. The van der Waals surface area contributed by atoms with Gasteiger partial charge in [-0.3, -0.25) is 9.59 Å². The monoisotopic (exact) mass is 542 g/mol. The lowest BCUT2D eigenvalue weighted by atomic mass is 9.40. The lowest BCUT2D eigenvalue weighted by molar-refractivity contribution is -0.303. The van der Waals surface area contributed by atoms with Crippen LogP contribution in [0.3, 0.4) is 0 Å². The number of Topliss-reactive ketones (excluding diaryl/α,β-unsaturated/α-hetero) is 1. The van der Waals surface area contributed by atoms with E-state index in [9.17, 15) is 29.4 Å². The van der Waals surface area contributed by atoms with Crippen LogP contribution in [-0.4, -0.2) is 75.6 Å². The summed E-state index contributed by atoms with van der Waals surface area (Å²) in [4.78, 5) is 54.7. The lowest BCUT2D eigenvalue weighted by Crippen LogP contribution is -2.80. The Bertz CT molecular complexity index is 1320. The SMILES string of the molecule is CO[C@@H]1C=C2C=C[C@@H]3[C@H](CC[C@]4(O)C(=O)O[C@@]5(C)[C@@H]6C[C@](C)([C@H](C)C(=O)O6)[C@@H]6[C@]3(O)C(=O)O[C@@]654)[C@@]2(C)C(=O)C1. The van der Waals surface area contributed by atoms with Crippen LogP contribution in [0.4, 0.5) is 0 Å². The zero-order valence-electron chi connectivity index (χ0n) is 22.7. The third-order valence-corrected chi connectivity index (χ3v) is 12.1. The summed E-state index contributed by atoms with van der Waals surface area (Å²) in [5.41, 5.74) is -9.80. The molecule has 0 radical (unpaired) electrons. The highest BCUT2D eigenvalue weighted by atomic mass is 16.7. The Morgan fingerprint density at radius 1 is 1.05 bits per heavy atom. The first kappa shape index (κ1) is 25.4. The number of hydrogen-bond acceptors (Lipinski definition) is 10. The molecule has 39 heavy (non-hydrogen) atoms. The highest BCUT2D eigenvalue weighted by molar-refractivity contribution is 5.95. The van der Waals surface area contributed by atoms with Gasteiger partial charge in [0, 0.05) is 19.4 Å². The third kappa shape index (κ3) is 2.37. The van der Waals surface area contributed by atoms with Gasteiger partial charge < -0.3 is 29.2 Å². The normalized spacial score (nSPS) is 56.7. The Balaban J connectivity index is 1.53. The van der Waals surface area contributed by atoms with Crippen molar-refractivity contribution in [3.05, 3.63) is 23.8 Å².